The Bertz CT molecular complexity index is 749. The number of benzene rings is 1. The van der Waals surface area contributed by atoms with E-state index in [2.05, 4.69) is 15.5 Å². The van der Waals surface area contributed by atoms with E-state index in [1.54, 1.807) is 19.2 Å². The van der Waals surface area contributed by atoms with Gasteiger partial charge in [0, 0.05) is 25.5 Å². The minimum absolute atomic E-state index is 0.225. The molecule has 0 fully saturated rings. The van der Waals surface area contributed by atoms with Crippen LogP contribution in [0.1, 0.15) is 20.8 Å². The van der Waals surface area contributed by atoms with Gasteiger partial charge in [0.1, 0.15) is 5.60 Å². The van der Waals surface area contributed by atoms with E-state index < -0.39 is 5.60 Å². The van der Waals surface area contributed by atoms with Crippen molar-refractivity contribution in [2.24, 2.45) is 0 Å². The molecule has 1 aromatic carbocycles. The van der Waals surface area contributed by atoms with Crippen LogP contribution in [0.2, 0.25) is 0 Å². The van der Waals surface area contributed by atoms with E-state index in [0.717, 1.165) is 5.39 Å². The first-order valence-corrected chi connectivity index (χ1v) is 7.43. The van der Waals surface area contributed by atoms with Crippen molar-refractivity contribution in [2.75, 3.05) is 25.5 Å². The van der Waals surface area contributed by atoms with Crippen LogP contribution in [0.3, 0.4) is 0 Å². The maximum Gasteiger partial charge on any atom is 0.410 e. The van der Waals surface area contributed by atoms with Crippen LogP contribution in [0.15, 0.2) is 29.1 Å². The lowest BCUT2D eigenvalue weighted by molar-refractivity contribution is 0.0305. The Kier molecular flexibility index (Phi) is 4.88. The maximum atomic E-state index is 11.9. The maximum absolute atomic E-state index is 11.9. The molecule has 0 aliphatic rings. The van der Waals surface area contributed by atoms with Crippen LogP contribution >= 0.6 is 0 Å². The Morgan fingerprint density at radius 1 is 1.30 bits per heavy atom. The number of rotatable bonds is 4. The van der Waals surface area contributed by atoms with Gasteiger partial charge in [-0.25, -0.2) is 9.89 Å². The summed E-state index contributed by atoms with van der Waals surface area (Å²) in [6.07, 6.45) is -0.376. The minimum Gasteiger partial charge on any atom is -0.444 e. The zero-order valence-electron chi connectivity index (χ0n) is 13.8. The molecular formula is C16H22N4O3. The van der Waals surface area contributed by atoms with Crippen LogP contribution in [-0.4, -0.2) is 46.9 Å². The lowest BCUT2D eigenvalue weighted by atomic mass is 10.2. The number of carbonyl (C=O) groups is 1. The number of nitrogens with one attached hydrogen (secondary N) is 2. The number of fused-ring (bicyclic) bond motifs is 1. The molecule has 7 heteroatoms. The van der Waals surface area contributed by atoms with Crippen molar-refractivity contribution < 1.29 is 9.53 Å². The van der Waals surface area contributed by atoms with Crippen LogP contribution in [0.25, 0.3) is 10.8 Å². The number of aromatic nitrogens is 2. The number of likely N-dealkylation sites (N-methyl/N-ethyl adjacent to an activating group) is 1. The van der Waals surface area contributed by atoms with Crippen molar-refractivity contribution in [3.05, 3.63) is 34.6 Å². The van der Waals surface area contributed by atoms with Gasteiger partial charge in [-0.1, -0.05) is 18.2 Å². The topological polar surface area (TPSA) is 87.3 Å². The summed E-state index contributed by atoms with van der Waals surface area (Å²) in [7, 11) is 1.67. The third-order valence-electron chi connectivity index (χ3n) is 3.14. The number of nitrogens with zero attached hydrogens (tertiary/aromatic N) is 2. The smallest absolute Gasteiger partial charge is 0.410 e. The first-order valence-electron chi connectivity index (χ1n) is 7.43. The highest BCUT2D eigenvalue weighted by Crippen LogP contribution is 2.16. The second kappa shape index (κ2) is 6.68. The predicted octanol–water partition coefficient (Wildman–Crippen LogP) is 2.20. The number of H-pyrrole nitrogens is 1. The molecule has 0 radical (unpaired) electrons. The van der Waals surface area contributed by atoms with E-state index in [4.69, 9.17) is 4.74 Å². The van der Waals surface area contributed by atoms with E-state index in [0.29, 0.717) is 24.3 Å². The molecule has 0 unspecified atom stereocenters. The molecule has 1 amide bonds. The summed E-state index contributed by atoms with van der Waals surface area (Å²) >= 11 is 0. The van der Waals surface area contributed by atoms with Crippen molar-refractivity contribution in [3.63, 3.8) is 0 Å². The highest BCUT2D eigenvalue weighted by atomic mass is 16.6. The highest BCUT2D eigenvalue weighted by Gasteiger charge is 2.19. The molecule has 0 saturated heterocycles. The molecule has 1 aromatic heterocycles. The lowest BCUT2D eigenvalue weighted by Gasteiger charge is -2.24. The Balaban J connectivity index is 1.98. The Labute approximate surface area is 134 Å². The molecular weight excluding hydrogens is 296 g/mol. The molecule has 7 nitrogen and oxygen atoms in total. The molecule has 23 heavy (non-hydrogen) atoms. The molecule has 2 rings (SSSR count). The quantitative estimate of drug-likeness (QED) is 0.902. The number of ether oxygens (including phenoxy) is 1. The first-order chi connectivity index (χ1) is 10.8. The average molecular weight is 318 g/mol. The van der Waals surface area contributed by atoms with E-state index in [9.17, 15) is 9.59 Å². The van der Waals surface area contributed by atoms with Crippen LogP contribution in [0.5, 0.6) is 0 Å². The number of anilines is 1. The minimum atomic E-state index is -0.518. The highest BCUT2D eigenvalue weighted by molar-refractivity contribution is 5.90. The van der Waals surface area contributed by atoms with Gasteiger partial charge in [0.25, 0.3) is 5.56 Å². The van der Waals surface area contributed by atoms with E-state index in [-0.39, 0.29) is 11.7 Å². The number of carbonyl (C=O) groups excluding carboxylic acids is 1. The Morgan fingerprint density at radius 3 is 2.61 bits per heavy atom. The van der Waals surface area contributed by atoms with Crippen molar-refractivity contribution in [3.8, 4) is 0 Å². The van der Waals surface area contributed by atoms with Gasteiger partial charge >= 0.3 is 6.09 Å². The Morgan fingerprint density at radius 2 is 1.96 bits per heavy atom. The van der Waals surface area contributed by atoms with Crippen LogP contribution in [0.4, 0.5) is 10.6 Å². The van der Waals surface area contributed by atoms with Gasteiger partial charge in [0.15, 0.2) is 5.82 Å². The molecule has 124 valence electrons. The van der Waals surface area contributed by atoms with Crippen molar-refractivity contribution in [1.29, 1.82) is 0 Å². The average Bonchev–Trinajstić information content (AvgIpc) is 2.48. The molecule has 2 aromatic rings. The Hall–Kier alpha value is -2.57. The van der Waals surface area contributed by atoms with Crippen molar-refractivity contribution >= 4 is 22.7 Å². The number of hydrogen-bond donors (Lipinski definition) is 2. The normalized spacial score (nSPS) is 11.3. The summed E-state index contributed by atoms with van der Waals surface area (Å²) in [5, 5.41) is 10.9. The van der Waals surface area contributed by atoms with Crippen LogP contribution < -0.4 is 10.9 Å². The van der Waals surface area contributed by atoms with Gasteiger partial charge in [-0.15, -0.1) is 0 Å². The number of amides is 1. The largest absolute Gasteiger partial charge is 0.444 e. The van der Waals surface area contributed by atoms with E-state index in [1.165, 1.54) is 4.90 Å². The van der Waals surface area contributed by atoms with Crippen molar-refractivity contribution in [1.82, 2.24) is 15.1 Å². The summed E-state index contributed by atoms with van der Waals surface area (Å²) in [6, 6.07) is 7.23. The van der Waals surface area contributed by atoms with Gasteiger partial charge in [-0.3, -0.25) is 4.79 Å². The van der Waals surface area contributed by atoms with Crippen molar-refractivity contribution in [2.45, 2.75) is 26.4 Å². The van der Waals surface area contributed by atoms with E-state index in [1.807, 2.05) is 32.9 Å². The fraction of sp³-hybridized carbons (Fsp3) is 0.438. The summed E-state index contributed by atoms with van der Waals surface area (Å²) in [6.45, 7) is 6.41. The molecule has 2 N–H and O–H groups in total. The third-order valence-corrected chi connectivity index (χ3v) is 3.14. The molecule has 0 saturated carbocycles. The van der Waals surface area contributed by atoms with Gasteiger partial charge < -0.3 is 15.0 Å². The van der Waals surface area contributed by atoms with Gasteiger partial charge in [-0.05, 0) is 26.8 Å². The van der Waals surface area contributed by atoms with Gasteiger partial charge in [-0.2, -0.15) is 5.10 Å². The van der Waals surface area contributed by atoms with E-state index >= 15 is 0 Å². The fourth-order valence-electron chi connectivity index (χ4n) is 2.02. The SMILES string of the molecule is CN(CCNc1n[nH]c(=O)c2ccccc12)C(=O)OC(C)(C)C. The van der Waals surface area contributed by atoms with Gasteiger partial charge in [0.2, 0.25) is 0 Å². The number of aromatic amines is 1. The third kappa shape index (κ3) is 4.45. The molecule has 0 aliphatic heterocycles. The number of hydrogen-bond acceptors (Lipinski definition) is 5. The molecule has 0 atom stereocenters. The summed E-state index contributed by atoms with van der Waals surface area (Å²) in [5.41, 5.74) is -0.743. The zero-order valence-corrected chi connectivity index (χ0v) is 13.8. The monoisotopic (exact) mass is 318 g/mol. The van der Waals surface area contributed by atoms with Gasteiger partial charge in [0.05, 0.1) is 5.39 Å². The lowest BCUT2D eigenvalue weighted by Crippen LogP contribution is -2.36. The molecule has 0 bridgehead atoms. The fourth-order valence-corrected chi connectivity index (χ4v) is 2.02. The first kappa shape index (κ1) is 16.8. The zero-order chi connectivity index (χ0) is 17.0. The summed E-state index contributed by atoms with van der Waals surface area (Å²) < 4.78 is 5.28. The van der Waals surface area contributed by atoms with Crippen LogP contribution in [0, 0.1) is 0 Å². The summed E-state index contributed by atoms with van der Waals surface area (Å²) in [4.78, 5) is 25.1. The standard InChI is InChI=1S/C16H22N4O3/c1-16(2,3)23-15(22)20(4)10-9-17-13-11-7-5-6-8-12(11)14(21)19-18-13/h5-8H,9-10H2,1-4H3,(H,17,18)(H,19,21). The molecule has 0 aliphatic carbocycles. The second-order valence-corrected chi connectivity index (χ2v) is 6.28. The summed E-state index contributed by atoms with van der Waals surface area (Å²) in [5.74, 6) is 0.581. The molecule has 1 heterocycles. The predicted molar refractivity (Wildman–Crippen MR) is 89.7 cm³/mol. The van der Waals surface area contributed by atoms with Crippen LogP contribution in [-0.2, 0) is 4.74 Å². The molecule has 0 spiro atoms. The second-order valence-electron chi connectivity index (χ2n) is 6.28.